The fourth-order valence-corrected chi connectivity index (χ4v) is 9.12. The van der Waals surface area contributed by atoms with Gasteiger partial charge in [0.2, 0.25) is 0 Å². The van der Waals surface area contributed by atoms with Gasteiger partial charge in [0.1, 0.15) is 34.1 Å². The first kappa shape index (κ1) is 30.0. The van der Waals surface area contributed by atoms with Crippen LogP contribution >= 0.6 is 0 Å². The van der Waals surface area contributed by atoms with Gasteiger partial charge in [-0.3, -0.25) is 0 Å². The summed E-state index contributed by atoms with van der Waals surface area (Å²) < 4.78 is 17.4. The Kier molecular flexibility index (Phi) is 6.15. The number of furan rings is 2. The molecule has 0 saturated carbocycles. The van der Waals surface area contributed by atoms with Crippen molar-refractivity contribution >= 4 is 93.9 Å². The van der Waals surface area contributed by atoms with Crippen molar-refractivity contribution in [3.63, 3.8) is 0 Å². The molecule has 55 heavy (non-hydrogen) atoms. The number of aromatic nitrogens is 2. The Morgan fingerprint density at radius 3 is 2.04 bits per heavy atom. The molecular weight excluding hydrogens is 675 g/mol. The van der Waals surface area contributed by atoms with Crippen molar-refractivity contribution in [3.8, 4) is 23.6 Å². The summed E-state index contributed by atoms with van der Waals surface area (Å²) in [5, 5.41) is 18.5. The first-order valence-electron chi connectivity index (χ1n) is 18.7. The van der Waals surface area contributed by atoms with Gasteiger partial charge in [-0.15, -0.1) is 0 Å². The fraction of sp³-hybridized carbons (Fsp3) is 0.0600. The number of fused-ring (bicyclic) bond motifs is 12. The molecule has 5 heteroatoms. The quantitative estimate of drug-likeness (QED) is 0.172. The lowest BCUT2D eigenvalue weighted by molar-refractivity contribution is 0.669. The van der Waals surface area contributed by atoms with Crippen LogP contribution in [-0.4, -0.2) is 9.13 Å². The molecule has 0 N–H and O–H groups in total. The summed E-state index contributed by atoms with van der Waals surface area (Å²) in [6, 6.07) is 42.6. The first-order valence-corrected chi connectivity index (χ1v) is 18.7. The number of benzene rings is 6. The zero-order valence-electron chi connectivity index (χ0n) is 29.6. The first-order chi connectivity index (χ1) is 27.2. The number of rotatable bonds is 3. The molecule has 0 unspecified atom stereocenters. The van der Waals surface area contributed by atoms with Crippen LogP contribution in [0, 0.1) is 23.2 Å². The maximum atomic E-state index is 10.9. The Bertz CT molecular complexity index is 3540. The highest BCUT2D eigenvalue weighted by Crippen LogP contribution is 2.45. The molecule has 10 aromatic rings. The molecule has 0 spiro atoms. The number of hydrogen-bond donors (Lipinski definition) is 0. The van der Waals surface area contributed by atoms with Gasteiger partial charge >= 0.3 is 0 Å². The molecule has 256 valence electrons. The lowest BCUT2D eigenvalue weighted by Crippen LogP contribution is -2.09. The number of hydrogen-bond acceptors (Lipinski definition) is 3. The minimum absolute atomic E-state index is 0.597. The molecule has 0 atom stereocenters. The number of nitriles is 1. The molecule has 4 aromatic heterocycles. The van der Waals surface area contributed by atoms with Crippen molar-refractivity contribution < 1.29 is 8.83 Å². The second kappa shape index (κ2) is 11.3. The summed E-state index contributed by atoms with van der Waals surface area (Å²) in [6.07, 6.45) is 11.2. The Balaban J connectivity index is 1.20. The summed E-state index contributed by atoms with van der Waals surface area (Å²) in [7, 11) is 0. The van der Waals surface area contributed by atoms with Crippen molar-refractivity contribution in [1.82, 2.24) is 9.13 Å². The summed E-state index contributed by atoms with van der Waals surface area (Å²) in [5.41, 5.74) is 13.3. The van der Waals surface area contributed by atoms with Crippen LogP contribution in [-0.2, 0) is 0 Å². The minimum atomic E-state index is 0.597. The number of nitrogens with zero attached hydrogens (tertiary/aromatic N) is 3. The summed E-state index contributed by atoms with van der Waals surface area (Å²) in [6.45, 7) is 0. The van der Waals surface area contributed by atoms with E-state index in [2.05, 4.69) is 124 Å². The van der Waals surface area contributed by atoms with Gasteiger partial charge in [0.25, 0.3) is 0 Å². The van der Waals surface area contributed by atoms with E-state index in [-0.39, 0.29) is 0 Å². The Hall–Kier alpha value is -7.47. The third-order valence-corrected chi connectivity index (χ3v) is 11.5. The fourth-order valence-electron chi connectivity index (χ4n) is 9.12. The molecule has 0 aliphatic heterocycles. The number of allylic oxidation sites excluding steroid dienone is 5. The van der Waals surface area contributed by atoms with Crippen LogP contribution < -0.4 is 0 Å². The predicted octanol–water partition coefficient (Wildman–Crippen LogP) is 12.9. The maximum absolute atomic E-state index is 10.9. The molecule has 0 saturated heterocycles. The third kappa shape index (κ3) is 4.18. The van der Waals surface area contributed by atoms with Gasteiger partial charge in [0.05, 0.1) is 27.8 Å². The van der Waals surface area contributed by atoms with Crippen LogP contribution in [0.4, 0.5) is 0 Å². The van der Waals surface area contributed by atoms with Gasteiger partial charge in [0.15, 0.2) is 0 Å². The molecule has 0 bridgehead atoms. The second-order valence-corrected chi connectivity index (χ2v) is 14.4. The van der Waals surface area contributed by atoms with E-state index in [0.717, 1.165) is 118 Å². The summed E-state index contributed by atoms with van der Waals surface area (Å²) in [5.74, 6) is 6.90. The van der Waals surface area contributed by atoms with E-state index in [0.29, 0.717) is 12.0 Å². The van der Waals surface area contributed by atoms with Crippen molar-refractivity contribution in [2.24, 2.45) is 0 Å². The smallest absolute Gasteiger partial charge is 0.136 e. The van der Waals surface area contributed by atoms with E-state index in [1.54, 1.807) is 0 Å². The van der Waals surface area contributed by atoms with E-state index in [9.17, 15) is 5.26 Å². The largest absolute Gasteiger partial charge is 0.456 e. The van der Waals surface area contributed by atoms with E-state index < -0.39 is 0 Å². The normalized spacial score (nSPS) is 14.1. The molecule has 0 amide bonds. The average Bonchev–Trinajstić information content (AvgIpc) is 3.90. The average molecular weight is 704 g/mol. The molecule has 0 radical (unpaired) electrons. The molecule has 4 heterocycles. The standard InChI is InChI=1S/C50H29N3O2/c51-29-30-13-12-19-36(50(30)53-43-20-3-1-2-14-33(43)38-28-49-40(26-45(38)53)35-18-7-11-24-47(35)55-49)31-15-4-8-21-41(31)52-42-22-9-5-16-32(42)37-27-48-39(25-44(37)52)34-17-6-10-23-46(34)54-48/h2,5-14,16-19,21-28H,1,4,15H2. The predicted molar refractivity (Wildman–Crippen MR) is 224 cm³/mol. The maximum Gasteiger partial charge on any atom is 0.136 e. The lowest BCUT2D eigenvalue weighted by atomic mass is 9.91. The number of para-hydroxylation sites is 4. The SMILES string of the molecule is N#Cc1cccc(C2=C(n3c4ccccc4c4cc5oc6ccccc6c5cc43)C=CCC2)c1-n1c2c(c3cc4oc5ccccc5c4cc31)C=CCC#C2. The van der Waals surface area contributed by atoms with Crippen LogP contribution in [0.2, 0.25) is 0 Å². The molecular formula is C50H29N3O2. The van der Waals surface area contributed by atoms with Crippen LogP contribution in [0.5, 0.6) is 0 Å². The molecule has 2 aliphatic carbocycles. The van der Waals surface area contributed by atoms with Gasteiger partial charge in [0, 0.05) is 60.9 Å². The van der Waals surface area contributed by atoms with E-state index in [1.165, 1.54) is 5.57 Å². The third-order valence-electron chi connectivity index (χ3n) is 11.5. The molecule has 0 fully saturated rings. The van der Waals surface area contributed by atoms with E-state index >= 15 is 0 Å². The molecule has 5 nitrogen and oxygen atoms in total. The van der Waals surface area contributed by atoms with Gasteiger partial charge < -0.3 is 18.0 Å². The van der Waals surface area contributed by atoms with Crippen LogP contribution in [0.3, 0.4) is 0 Å². The topological polar surface area (TPSA) is 59.9 Å². The van der Waals surface area contributed by atoms with Crippen molar-refractivity contribution in [1.29, 1.82) is 5.26 Å². The van der Waals surface area contributed by atoms with Gasteiger partial charge in [-0.25, -0.2) is 0 Å². The monoisotopic (exact) mass is 703 g/mol. The van der Waals surface area contributed by atoms with Gasteiger partial charge in [-0.1, -0.05) is 90.9 Å². The lowest BCUT2D eigenvalue weighted by Gasteiger charge is -2.23. The highest BCUT2D eigenvalue weighted by molar-refractivity contribution is 6.19. The summed E-state index contributed by atoms with van der Waals surface area (Å²) >= 11 is 0. The Morgan fingerprint density at radius 2 is 1.27 bits per heavy atom. The van der Waals surface area contributed by atoms with Crippen molar-refractivity contribution in [2.75, 3.05) is 0 Å². The Labute approximate surface area is 314 Å². The molecule has 2 aliphatic rings. The van der Waals surface area contributed by atoms with Crippen LogP contribution in [0.15, 0.2) is 142 Å². The molecule has 6 aromatic carbocycles. The Morgan fingerprint density at radius 1 is 0.582 bits per heavy atom. The zero-order valence-corrected chi connectivity index (χ0v) is 29.6. The van der Waals surface area contributed by atoms with Crippen molar-refractivity contribution in [2.45, 2.75) is 19.3 Å². The van der Waals surface area contributed by atoms with Gasteiger partial charge in [-0.05, 0) is 78.9 Å². The van der Waals surface area contributed by atoms with E-state index in [4.69, 9.17) is 8.83 Å². The van der Waals surface area contributed by atoms with Crippen LogP contribution in [0.25, 0.3) is 99.6 Å². The zero-order chi connectivity index (χ0) is 36.2. The second-order valence-electron chi connectivity index (χ2n) is 14.4. The molecule has 12 rings (SSSR count). The summed E-state index contributed by atoms with van der Waals surface area (Å²) in [4.78, 5) is 0. The van der Waals surface area contributed by atoms with Gasteiger partial charge in [-0.2, -0.15) is 5.26 Å². The van der Waals surface area contributed by atoms with Crippen LogP contribution in [0.1, 0.15) is 41.6 Å². The van der Waals surface area contributed by atoms with Crippen molar-refractivity contribution in [3.05, 3.63) is 156 Å². The highest BCUT2D eigenvalue weighted by atomic mass is 16.3. The minimum Gasteiger partial charge on any atom is -0.456 e. The highest BCUT2D eigenvalue weighted by Gasteiger charge is 2.27. The van der Waals surface area contributed by atoms with E-state index in [1.807, 2.05) is 42.5 Å².